The summed E-state index contributed by atoms with van der Waals surface area (Å²) in [6.45, 7) is 1.84. The quantitative estimate of drug-likeness (QED) is 0.212. The molecule has 6 nitrogen and oxygen atoms in total. The fourth-order valence-corrected chi connectivity index (χ4v) is 4.95. The van der Waals surface area contributed by atoms with E-state index in [2.05, 4.69) is 10.6 Å². The van der Waals surface area contributed by atoms with Gasteiger partial charge in [-0.2, -0.15) is 0 Å². The minimum absolute atomic E-state index is 0.0616. The lowest BCUT2D eigenvalue weighted by Crippen LogP contribution is -2.19. The number of halogens is 1. The van der Waals surface area contributed by atoms with Crippen LogP contribution in [0.4, 0.5) is 11.4 Å². The van der Waals surface area contributed by atoms with Crippen molar-refractivity contribution in [1.29, 1.82) is 0 Å². The van der Waals surface area contributed by atoms with Crippen LogP contribution in [-0.4, -0.2) is 22.9 Å². The van der Waals surface area contributed by atoms with Gasteiger partial charge in [-0.3, -0.25) is 9.59 Å². The molecule has 1 atom stereocenters. The lowest BCUT2D eigenvalue weighted by atomic mass is 10.1. The molecule has 37 heavy (non-hydrogen) atoms. The maximum absolute atomic E-state index is 13.4. The van der Waals surface area contributed by atoms with Gasteiger partial charge >= 0.3 is 5.97 Å². The summed E-state index contributed by atoms with van der Waals surface area (Å²) in [6, 6.07) is 27.8. The number of benzene rings is 4. The van der Waals surface area contributed by atoms with Gasteiger partial charge in [0.15, 0.2) is 0 Å². The van der Waals surface area contributed by atoms with E-state index in [0.717, 1.165) is 16.0 Å². The molecule has 0 aliphatic rings. The van der Waals surface area contributed by atoms with Crippen molar-refractivity contribution >= 4 is 52.5 Å². The zero-order chi connectivity index (χ0) is 26.4. The van der Waals surface area contributed by atoms with Crippen LogP contribution in [0.3, 0.4) is 0 Å². The highest BCUT2D eigenvalue weighted by Crippen LogP contribution is 2.37. The molecule has 4 aromatic carbocycles. The van der Waals surface area contributed by atoms with Gasteiger partial charge in [0.25, 0.3) is 5.91 Å². The highest BCUT2D eigenvalue weighted by Gasteiger charge is 2.23. The van der Waals surface area contributed by atoms with E-state index >= 15 is 0 Å². The predicted molar refractivity (Wildman–Crippen MR) is 148 cm³/mol. The second-order valence-electron chi connectivity index (χ2n) is 8.14. The van der Waals surface area contributed by atoms with E-state index in [1.54, 1.807) is 48.5 Å². The molecule has 1 unspecified atom stereocenters. The largest absolute Gasteiger partial charge is 0.478 e. The van der Waals surface area contributed by atoms with Gasteiger partial charge in [-0.15, -0.1) is 11.8 Å². The van der Waals surface area contributed by atoms with Crippen LogP contribution in [0, 0.1) is 6.92 Å². The Balaban J connectivity index is 1.57. The normalized spacial score (nSPS) is 11.4. The molecule has 4 rings (SSSR count). The van der Waals surface area contributed by atoms with Gasteiger partial charge in [-0.25, -0.2) is 4.79 Å². The highest BCUT2D eigenvalue weighted by atomic mass is 35.5. The summed E-state index contributed by atoms with van der Waals surface area (Å²) in [5.41, 5.74) is 2.69. The first-order valence-corrected chi connectivity index (χ1v) is 12.6. The Bertz CT molecular complexity index is 1460. The van der Waals surface area contributed by atoms with Gasteiger partial charge in [0.2, 0.25) is 5.91 Å². The maximum atomic E-state index is 13.4. The smallest absolute Gasteiger partial charge is 0.336 e. The van der Waals surface area contributed by atoms with E-state index in [4.69, 9.17) is 11.6 Å². The zero-order valence-electron chi connectivity index (χ0n) is 19.8. The van der Waals surface area contributed by atoms with Crippen LogP contribution in [0.25, 0.3) is 0 Å². The minimum atomic E-state index is -1.18. The number of carbonyl (C=O) groups excluding carboxylic acids is 2. The highest BCUT2D eigenvalue weighted by molar-refractivity contribution is 8.00. The molecule has 4 aromatic rings. The minimum Gasteiger partial charge on any atom is -0.478 e. The number of rotatable bonds is 8. The SMILES string of the molecule is Cc1c(Cl)cccc1NC(=O)C(Sc1cccc(NC(=O)c2ccccc2C(=O)O)c1)c1ccccc1. The first-order chi connectivity index (χ1) is 17.8. The molecule has 2 amide bonds. The number of amides is 2. The molecule has 8 heteroatoms. The molecule has 0 heterocycles. The fraction of sp³-hybridized carbons (Fsp3) is 0.0690. The molecule has 0 aromatic heterocycles. The number of carboxylic acid groups (broad SMARTS) is 1. The maximum Gasteiger partial charge on any atom is 0.336 e. The first kappa shape index (κ1) is 26.0. The number of hydrogen-bond donors (Lipinski definition) is 3. The number of nitrogens with one attached hydrogen (secondary N) is 2. The van der Waals surface area contributed by atoms with E-state index in [1.165, 1.54) is 23.9 Å². The molecular formula is C29H23ClN2O4S. The van der Waals surface area contributed by atoms with Crippen LogP contribution in [0.2, 0.25) is 5.02 Å². The number of thioether (sulfide) groups is 1. The molecule has 0 saturated heterocycles. The second-order valence-corrected chi connectivity index (χ2v) is 9.73. The number of carboxylic acids is 1. The van der Waals surface area contributed by atoms with E-state index in [-0.39, 0.29) is 17.0 Å². The van der Waals surface area contributed by atoms with Gasteiger partial charge in [-0.05, 0) is 60.5 Å². The Hall–Kier alpha value is -4.07. The molecule has 3 N–H and O–H groups in total. The summed E-state index contributed by atoms with van der Waals surface area (Å²) in [4.78, 5) is 38.5. The molecular weight excluding hydrogens is 508 g/mol. The van der Waals surface area contributed by atoms with E-state index in [9.17, 15) is 19.5 Å². The molecule has 0 spiro atoms. The Morgan fingerprint density at radius 2 is 1.49 bits per heavy atom. The molecule has 0 saturated carbocycles. The van der Waals surface area contributed by atoms with Gasteiger partial charge in [-0.1, -0.05) is 66.2 Å². The summed E-state index contributed by atoms with van der Waals surface area (Å²) >= 11 is 7.56. The van der Waals surface area contributed by atoms with Crippen molar-refractivity contribution in [2.45, 2.75) is 17.1 Å². The topological polar surface area (TPSA) is 95.5 Å². The molecule has 0 aliphatic carbocycles. The van der Waals surface area contributed by atoms with Gasteiger partial charge < -0.3 is 15.7 Å². The van der Waals surface area contributed by atoms with Crippen LogP contribution < -0.4 is 10.6 Å². The van der Waals surface area contributed by atoms with Gasteiger partial charge in [0.05, 0.1) is 11.1 Å². The summed E-state index contributed by atoms with van der Waals surface area (Å²) in [7, 11) is 0. The summed E-state index contributed by atoms with van der Waals surface area (Å²) in [5, 5.41) is 15.1. The standard InChI is InChI=1S/C29H23ClN2O4S/c1-18-24(30)15-8-16-25(18)32-28(34)26(19-9-3-2-4-10-19)37-21-12-7-11-20(17-21)31-27(33)22-13-5-6-14-23(22)29(35)36/h2-17,26H,1H3,(H,31,33)(H,32,34)(H,35,36). The Labute approximate surface area is 223 Å². The number of anilines is 2. The Kier molecular flexibility index (Phi) is 8.28. The van der Waals surface area contributed by atoms with E-state index < -0.39 is 17.1 Å². The molecule has 0 fully saturated rings. The molecule has 186 valence electrons. The van der Waals surface area contributed by atoms with Crippen molar-refractivity contribution in [2.75, 3.05) is 10.6 Å². The Morgan fingerprint density at radius 3 is 2.22 bits per heavy atom. The van der Waals surface area contributed by atoms with Crippen molar-refractivity contribution in [3.8, 4) is 0 Å². The average Bonchev–Trinajstić information content (AvgIpc) is 2.90. The van der Waals surface area contributed by atoms with Crippen molar-refractivity contribution in [3.63, 3.8) is 0 Å². The third-order valence-corrected chi connectivity index (χ3v) is 7.27. The third-order valence-electron chi connectivity index (χ3n) is 5.61. The van der Waals surface area contributed by atoms with Crippen molar-refractivity contribution in [3.05, 3.63) is 124 Å². The zero-order valence-corrected chi connectivity index (χ0v) is 21.3. The van der Waals surface area contributed by atoms with Crippen molar-refractivity contribution in [2.24, 2.45) is 0 Å². The van der Waals surface area contributed by atoms with Crippen LogP contribution >= 0.6 is 23.4 Å². The monoisotopic (exact) mass is 530 g/mol. The van der Waals surface area contributed by atoms with E-state index in [1.807, 2.05) is 43.3 Å². The number of hydrogen-bond acceptors (Lipinski definition) is 4. The third kappa shape index (κ3) is 6.39. The van der Waals surface area contributed by atoms with Crippen LogP contribution in [0.1, 0.15) is 37.1 Å². The van der Waals surface area contributed by atoms with E-state index in [0.29, 0.717) is 16.4 Å². The molecule has 0 aliphatic heterocycles. The van der Waals surface area contributed by atoms with Gasteiger partial charge in [0.1, 0.15) is 5.25 Å². The lowest BCUT2D eigenvalue weighted by Gasteiger charge is -2.19. The van der Waals surface area contributed by atoms with Crippen LogP contribution in [0.15, 0.2) is 102 Å². The lowest BCUT2D eigenvalue weighted by molar-refractivity contribution is -0.115. The van der Waals surface area contributed by atoms with Crippen molar-refractivity contribution < 1.29 is 19.5 Å². The Morgan fingerprint density at radius 1 is 0.811 bits per heavy atom. The average molecular weight is 531 g/mol. The first-order valence-electron chi connectivity index (χ1n) is 11.3. The van der Waals surface area contributed by atoms with Crippen LogP contribution in [0.5, 0.6) is 0 Å². The predicted octanol–water partition coefficient (Wildman–Crippen LogP) is 7.07. The fourth-order valence-electron chi connectivity index (χ4n) is 3.69. The van der Waals surface area contributed by atoms with Gasteiger partial charge in [0, 0.05) is 21.3 Å². The molecule has 0 bridgehead atoms. The molecule has 0 radical (unpaired) electrons. The number of carbonyl (C=O) groups is 3. The summed E-state index contributed by atoms with van der Waals surface area (Å²) in [5.74, 6) is -1.93. The summed E-state index contributed by atoms with van der Waals surface area (Å²) < 4.78 is 0. The summed E-state index contributed by atoms with van der Waals surface area (Å²) in [6.07, 6.45) is 0. The second kappa shape index (κ2) is 11.8. The number of aromatic carboxylic acids is 1. The van der Waals surface area contributed by atoms with Crippen LogP contribution in [-0.2, 0) is 4.79 Å². The van der Waals surface area contributed by atoms with Crippen molar-refractivity contribution in [1.82, 2.24) is 0 Å².